The first kappa shape index (κ1) is 20.3. The Morgan fingerprint density at radius 3 is 1.97 bits per heavy atom. The first-order valence-corrected chi connectivity index (χ1v) is 10.8. The van der Waals surface area contributed by atoms with E-state index < -0.39 is 27.1 Å². The maximum Gasteiger partial charge on any atom is 0.277 e. The monoisotopic (exact) mass is 437 g/mol. The van der Waals surface area contributed by atoms with Gasteiger partial charge in [-0.25, -0.2) is 4.98 Å². The number of carbonyl (C=O) groups is 1. The minimum atomic E-state index is -0.768. The normalized spacial score (nSPS) is 27.7. The summed E-state index contributed by atoms with van der Waals surface area (Å²) in [4.78, 5) is 37.5. The van der Waals surface area contributed by atoms with Crippen LogP contribution in [-0.4, -0.2) is 26.3 Å². The molecule has 10 heteroatoms. The zero-order valence-electron chi connectivity index (χ0n) is 17.3. The van der Waals surface area contributed by atoms with Crippen LogP contribution in [-0.2, 0) is 0 Å². The molecule has 0 radical (unpaired) electrons. The predicted molar refractivity (Wildman–Crippen MR) is 116 cm³/mol. The summed E-state index contributed by atoms with van der Waals surface area (Å²) in [6.07, 6.45) is 9.14. The van der Waals surface area contributed by atoms with Gasteiger partial charge in [-0.05, 0) is 68.4 Å². The number of aromatic nitrogens is 1. The van der Waals surface area contributed by atoms with Gasteiger partial charge in [0.2, 0.25) is 0 Å². The van der Waals surface area contributed by atoms with Gasteiger partial charge >= 0.3 is 0 Å². The Hall–Kier alpha value is -3.56. The number of pyridine rings is 1. The zero-order valence-corrected chi connectivity index (χ0v) is 17.3. The Balaban J connectivity index is 1.29. The lowest BCUT2D eigenvalue weighted by Gasteiger charge is -2.57. The molecule has 1 aromatic heterocycles. The number of benzene rings is 1. The van der Waals surface area contributed by atoms with Crippen molar-refractivity contribution >= 4 is 28.8 Å². The highest BCUT2D eigenvalue weighted by atomic mass is 16.6. The summed E-state index contributed by atoms with van der Waals surface area (Å²) in [7, 11) is 0. The molecule has 4 bridgehead atoms. The number of nitro groups is 2. The van der Waals surface area contributed by atoms with Gasteiger partial charge in [0.1, 0.15) is 5.82 Å². The number of non-ortho nitro benzene ring substituents is 2. The van der Waals surface area contributed by atoms with Crippen molar-refractivity contribution in [2.45, 2.75) is 44.1 Å². The largest absolute Gasteiger partial charge is 0.365 e. The molecule has 4 aliphatic rings. The fraction of sp³-hybridized carbons (Fsp3) is 0.455. The van der Waals surface area contributed by atoms with Gasteiger partial charge in [0.25, 0.3) is 17.3 Å². The standard InChI is InChI=1S/C22H23N5O5/c28-21(16-6-18(26(29)30)8-19(7-16)27(31)32)24-17-1-2-20(23-12-17)25-22-9-13-3-14(10-22)5-15(4-13)11-22/h1-2,6-8,12-15H,3-5,9-11H2,(H,23,25)(H,24,28). The van der Waals surface area contributed by atoms with E-state index in [1.807, 2.05) is 6.07 Å². The number of amides is 1. The van der Waals surface area contributed by atoms with Gasteiger partial charge in [-0.3, -0.25) is 25.0 Å². The molecule has 0 aliphatic heterocycles. The molecule has 0 spiro atoms. The highest BCUT2D eigenvalue weighted by Gasteiger charge is 2.51. The Bertz CT molecular complexity index is 1030. The van der Waals surface area contributed by atoms with E-state index in [-0.39, 0.29) is 11.1 Å². The smallest absolute Gasteiger partial charge is 0.277 e. The molecule has 166 valence electrons. The minimum absolute atomic E-state index is 0.119. The van der Waals surface area contributed by atoms with Crippen molar-refractivity contribution in [3.8, 4) is 0 Å². The molecule has 4 fully saturated rings. The van der Waals surface area contributed by atoms with Crippen LogP contribution in [0.3, 0.4) is 0 Å². The number of nitro benzene ring substituents is 2. The van der Waals surface area contributed by atoms with Gasteiger partial charge < -0.3 is 10.6 Å². The number of nitrogens with one attached hydrogen (secondary N) is 2. The second-order valence-corrected chi connectivity index (χ2v) is 9.46. The first-order valence-electron chi connectivity index (χ1n) is 10.8. The van der Waals surface area contributed by atoms with E-state index in [2.05, 4.69) is 15.6 Å². The van der Waals surface area contributed by atoms with Crippen molar-refractivity contribution in [1.82, 2.24) is 4.98 Å². The third kappa shape index (κ3) is 3.88. The topological polar surface area (TPSA) is 140 Å². The summed E-state index contributed by atoms with van der Waals surface area (Å²) in [5, 5.41) is 28.4. The summed E-state index contributed by atoms with van der Waals surface area (Å²) < 4.78 is 0. The van der Waals surface area contributed by atoms with E-state index in [4.69, 9.17) is 0 Å². The average molecular weight is 437 g/mol. The van der Waals surface area contributed by atoms with E-state index in [0.29, 0.717) is 5.69 Å². The number of carbonyl (C=O) groups excluding carboxylic acids is 1. The van der Waals surface area contributed by atoms with Gasteiger partial charge in [-0.2, -0.15) is 0 Å². The predicted octanol–water partition coefficient (Wildman–Crippen LogP) is 4.53. The summed E-state index contributed by atoms with van der Waals surface area (Å²) in [6.45, 7) is 0. The quantitative estimate of drug-likeness (QED) is 0.499. The molecule has 4 saturated carbocycles. The van der Waals surface area contributed by atoms with Crippen LogP contribution in [0.2, 0.25) is 0 Å². The molecule has 0 atom stereocenters. The Labute approximate surface area is 183 Å². The van der Waals surface area contributed by atoms with Gasteiger partial charge in [0.05, 0.1) is 33.4 Å². The van der Waals surface area contributed by atoms with Crippen LogP contribution in [0.4, 0.5) is 22.9 Å². The van der Waals surface area contributed by atoms with Gasteiger partial charge in [-0.1, -0.05) is 0 Å². The maximum absolute atomic E-state index is 12.5. The third-order valence-corrected chi connectivity index (χ3v) is 7.04. The van der Waals surface area contributed by atoms with Crippen LogP contribution < -0.4 is 10.6 Å². The van der Waals surface area contributed by atoms with Gasteiger partial charge in [-0.15, -0.1) is 0 Å². The van der Waals surface area contributed by atoms with Crippen molar-refractivity contribution in [2.24, 2.45) is 17.8 Å². The van der Waals surface area contributed by atoms with Crippen molar-refractivity contribution in [3.05, 3.63) is 62.3 Å². The van der Waals surface area contributed by atoms with Crippen LogP contribution >= 0.6 is 0 Å². The summed E-state index contributed by atoms with van der Waals surface area (Å²) >= 11 is 0. The molecule has 0 saturated heterocycles. The second kappa shape index (κ2) is 7.54. The molecule has 32 heavy (non-hydrogen) atoms. The summed E-state index contributed by atoms with van der Waals surface area (Å²) in [5.74, 6) is 2.51. The molecular formula is C22H23N5O5. The van der Waals surface area contributed by atoms with E-state index in [0.717, 1.165) is 41.8 Å². The fourth-order valence-corrected chi connectivity index (χ4v) is 6.22. The van der Waals surface area contributed by atoms with Crippen LogP contribution in [0.1, 0.15) is 48.9 Å². The number of hydrogen-bond acceptors (Lipinski definition) is 7. The lowest BCUT2D eigenvalue weighted by atomic mass is 9.53. The molecule has 1 aromatic carbocycles. The summed E-state index contributed by atoms with van der Waals surface area (Å²) in [5.41, 5.74) is -0.675. The highest BCUT2D eigenvalue weighted by Crippen LogP contribution is 2.56. The first-order chi connectivity index (χ1) is 15.3. The number of nitrogens with zero attached hydrogens (tertiary/aromatic N) is 3. The SMILES string of the molecule is O=C(Nc1ccc(NC23CC4CC(CC(C4)C2)C3)nc1)c1cc([N+](=O)[O-])cc([N+](=O)[O-])c1. The van der Waals surface area contributed by atoms with Crippen LogP contribution in [0, 0.1) is 38.0 Å². The molecule has 1 heterocycles. The van der Waals surface area contributed by atoms with Crippen molar-refractivity contribution in [1.29, 1.82) is 0 Å². The van der Waals surface area contributed by atoms with E-state index in [1.54, 1.807) is 6.07 Å². The van der Waals surface area contributed by atoms with E-state index >= 15 is 0 Å². The van der Waals surface area contributed by atoms with Gasteiger partial charge in [0.15, 0.2) is 0 Å². The molecule has 2 N–H and O–H groups in total. The van der Waals surface area contributed by atoms with E-state index in [1.165, 1.54) is 44.7 Å². The van der Waals surface area contributed by atoms with E-state index in [9.17, 15) is 25.0 Å². The van der Waals surface area contributed by atoms with Crippen LogP contribution in [0.25, 0.3) is 0 Å². The van der Waals surface area contributed by atoms with Crippen molar-refractivity contribution in [2.75, 3.05) is 10.6 Å². The second-order valence-electron chi connectivity index (χ2n) is 9.46. The van der Waals surface area contributed by atoms with Crippen LogP contribution in [0.5, 0.6) is 0 Å². The Kier molecular flexibility index (Phi) is 4.79. The molecule has 10 nitrogen and oxygen atoms in total. The van der Waals surface area contributed by atoms with Gasteiger partial charge in [0, 0.05) is 17.7 Å². The number of rotatable bonds is 6. The molecule has 1 amide bonds. The fourth-order valence-electron chi connectivity index (χ4n) is 6.22. The average Bonchev–Trinajstić information content (AvgIpc) is 2.73. The Morgan fingerprint density at radius 2 is 1.50 bits per heavy atom. The highest BCUT2D eigenvalue weighted by molar-refractivity contribution is 6.05. The molecule has 2 aromatic rings. The number of anilines is 2. The lowest BCUT2D eigenvalue weighted by molar-refractivity contribution is -0.394. The van der Waals surface area contributed by atoms with Crippen LogP contribution in [0.15, 0.2) is 36.5 Å². The third-order valence-electron chi connectivity index (χ3n) is 7.04. The Morgan fingerprint density at radius 1 is 0.938 bits per heavy atom. The minimum Gasteiger partial charge on any atom is -0.365 e. The maximum atomic E-state index is 12.5. The summed E-state index contributed by atoms with van der Waals surface area (Å²) in [6, 6.07) is 6.37. The molecular weight excluding hydrogens is 414 g/mol. The number of hydrogen-bond donors (Lipinski definition) is 2. The van der Waals surface area contributed by atoms with Crippen molar-refractivity contribution < 1.29 is 14.6 Å². The van der Waals surface area contributed by atoms with Crippen molar-refractivity contribution in [3.63, 3.8) is 0 Å². The zero-order chi connectivity index (χ0) is 22.5. The molecule has 6 rings (SSSR count). The molecule has 4 aliphatic carbocycles. The molecule has 0 unspecified atom stereocenters. The lowest BCUT2D eigenvalue weighted by Crippen LogP contribution is -2.54.